The molecule has 1 fully saturated rings. The molecule has 4 heteroatoms. The van der Waals surface area contributed by atoms with Gasteiger partial charge in [0, 0.05) is 36.3 Å². The predicted octanol–water partition coefficient (Wildman–Crippen LogP) is 3.92. The number of hydrogen-bond donors (Lipinski definition) is 0. The van der Waals surface area contributed by atoms with Gasteiger partial charge in [-0.25, -0.2) is 0 Å². The molecule has 1 atom stereocenters. The summed E-state index contributed by atoms with van der Waals surface area (Å²) in [6.07, 6.45) is 8.09. The van der Waals surface area contributed by atoms with E-state index in [-0.39, 0.29) is 0 Å². The quantitative estimate of drug-likeness (QED) is 0.857. The number of aromatic nitrogens is 1. The molecule has 22 heavy (non-hydrogen) atoms. The highest BCUT2D eigenvalue weighted by Crippen LogP contribution is 2.25. The number of likely N-dealkylation sites (tertiary alicyclic amines) is 1. The molecule has 0 aromatic carbocycles. The van der Waals surface area contributed by atoms with E-state index in [0.717, 1.165) is 41.5 Å². The van der Waals surface area contributed by atoms with Crippen LogP contribution >= 0.6 is 11.8 Å². The Morgan fingerprint density at radius 2 is 2.27 bits per heavy atom. The van der Waals surface area contributed by atoms with Crippen LogP contribution in [0.25, 0.3) is 5.52 Å². The molecule has 3 rings (SSSR count). The van der Waals surface area contributed by atoms with E-state index in [1.165, 1.54) is 25.0 Å². The molecule has 116 valence electrons. The van der Waals surface area contributed by atoms with Gasteiger partial charge in [-0.1, -0.05) is 19.4 Å². The number of fused-ring (bicyclic) bond motifs is 1. The largest absolute Gasteiger partial charge is 0.322 e. The minimum absolute atomic E-state index is 0.745. The molecule has 1 saturated heterocycles. The molecule has 3 heterocycles. The molecule has 0 aliphatic carbocycles. The van der Waals surface area contributed by atoms with E-state index in [4.69, 9.17) is 0 Å². The molecule has 0 saturated carbocycles. The Balaban J connectivity index is 1.81. The van der Waals surface area contributed by atoms with Crippen molar-refractivity contribution in [2.24, 2.45) is 0 Å². The molecule has 0 bridgehead atoms. The Hall–Kier alpha value is -1.44. The third-order valence-corrected chi connectivity index (χ3v) is 5.57. The number of rotatable bonds is 4. The van der Waals surface area contributed by atoms with Gasteiger partial charge in [0.25, 0.3) is 0 Å². The molecule has 1 aliphatic rings. The van der Waals surface area contributed by atoms with Crippen molar-refractivity contribution in [1.82, 2.24) is 9.30 Å². The number of pyridine rings is 1. The molecule has 0 radical (unpaired) electrons. The second-order valence-electron chi connectivity index (χ2n) is 5.94. The van der Waals surface area contributed by atoms with E-state index >= 15 is 0 Å². The van der Waals surface area contributed by atoms with Crippen LogP contribution in [-0.4, -0.2) is 33.4 Å². The first-order valence-corrected chi connectivity index (χ1v) is 9.19. The van der Waals surface area contributed by atoms with Gasteiger partial charge < -0.3 is 4.40 Å². The van der Waals surface area contributed by atoms with Gasteiger partial charge >= 0.3 is 0 Å². The van der Waals surface area contributed by atoms with Crippen LogP contribution in [0.15, 0.2) is 30.6 Å². The van der Waals surface area contributed by atoms with Crippen LogP contribution in [0.5, 0.6) is 0 Å². The molecule has 3 nitrogen and oxygen atoms in total. The maximum atomic E-state index is 9.54. The average molecular weight is 313 g/mol. The normalized spacial score (nSPS) is 19.9. The monoisotopic (exact) mass is 313 g/mol. The van der Waals surface area contributed by atoms with Gasteiger partial charge in [0.1, 0.15) is 6.07 Å². The van der Waals surface area contributed by atoms with Crippen LogP contribution in [0.1, 0.15) is 37.3 Å². The molecular formula is C18H23N3S. The summed E-state index contributed by atoms with van der Waals surface area (Å²) in [5.74, 6) is 1.19. The summed E-state index contributed by atoms with van der Waals surface area (Å²) in [6.45, 7) is 5.44. The molecule has 0 amide bonds. The van der Waals surface area contributed by atoms with Crippen molar-refractivity contribution < 1.29 is 0 Å². The number of thioether (sulfide) groups is 1. The van der Waals surface area contributed by atoms with Gasteiger partial charge in [0.2, 0.25) is 0 Å². The Morgan fingerprint density at radius 3 is 3.09 bits per heavy atom. The molecule has 0 N–H and O–H groups in total. The standard InChI is InChI=1S/C18H23N3S/c1-2-22-16-7-3-5-9-20(14-16)12-15-13-21-10-6-4-8-18(21)17(15)11-19/h4,6,8,10,13,16H,2-3,5,7,9,12,14H2,1H3/t16-/m1/s1. The highest BCUT2D eigenvalue weighted by Gasteiger charge is 2.20. The average Bonchev–Trinajstić information content (AvgIpc) is 2.72. The zero-order valence-corrected chi connectivity index (χ0v) is 14.0. The van der Waals surface area contributed by atoms with E-state index in [2.05, 4.69) is 40.3 Å². The van der Waals surface area contributed by atoms with Crippen LogP contribution in [-0.2, 0) is 6.54 Å². The second-order valence-corrected chi connectivity index (χ2v) is 7.52. The van der Waals surface area contributed by atoms with Crippen LogP contribution < -0.4 is 0 Å². The predicted molar refractivity (Wildman–Crippen MR) is 93.2 cm³/mol. The Bertz CT molecular complexity index is 671. The molecular weight excluding hydrogens is 290 g/mol. The zero-order chi connectivity index (χ0) is 15.4. The van der Waals surface area contributed by atoms with Gasteiger partial charge in [0.15, 0.2) is 0 Å². The molecule has 2 aromatic rings. The Labute approximate surface area is 136 Å². The van der Waals surface area contributed by atoms with Crippen molar-refractivity contribution in [3.63, 3.8) is 0 Å². The van der Waals surface area contributed by atoms with Crippen LogP contribution in [0, 0.1) is 11.3 Å². The molecule has 1 aliphatic heterocycles. The third kappa shape index (κ3) is 3.31. The smallest absolute Gasteiger partial charge is 0.102 e. The summed E-state index contributed by atoms with van der Waals surface area (Å²) in [6, 6.07) is 8.45. The van der Waals surface area contributed by atoms with E-state index in [9.17, 15) is 5.26 Å². The first-order chi connectivity index (χ1) is 10.8. The maximum Gasteiger partial charge on any atom is 0.102 e. The van der Waals surface area contributed by atoms with Crippen molar-refractivity contribution >= 4 is 17.3 Å². The lowest BCUT2D eigenvalue weighted by atomic mass is 10.1. The zero-order valence-electron chi connectivity index (χ0n) is 13.2. The highest BCUT2D eigenvalue weighted by atomic mass is 32.2. The summed E-state index contributed by atoms with van der Waals surface area (Å²) in [7, 11) is 0. The van der Waals surface area contributed by atoms with Crippen molar-refractivity contribution in [3.8, 4) is 6.07 Å². The van der Waals surface area contributed by atoms with E-state index < -0.39 is 0 Å². The molecule has 0 unspecified atom stereocenters. The fraction of sp³-hybridized carbons (Fsp3) is 0.500. The Morgan fingerprint density at radius 1 is 1.36 bits per heavy atom. The summed E-state index contributed by atoms with van der Waals surface area (Å²) in [5, 5.41) is 10.3. The lowest BCUT2D eigenvalue weighted by Crippen LogP contribution is -2.29. The molecule has 0 spiro atoms. The van der Waals surface area contributed by atoms with Crippen molar-refractivity contribution in [2.45, 2.75) is 38.0 Å². The SMILES string of the molecule is CCS[C@@H]1CCCCN(Cc2cn3ccccc3c2C#N)C1. The van der Waals surface area contributed by atoms with Gasteiger partial charge in [0.05, 0.1) is 11.1 Å². The first kappa shape index (κ1) is 15.5. The minimum Gasteiger partial charge on any atom is -0.322 e. The summed E-state index contributed by atoms with van der Waals surface area (Å²) < 4.78 is 2.07. The number of hydrogen-bond acceptors (Lipinski definition) is 3. The van der Waals surface area contributed by atoms with Crippen molar-refractivity contribution in [2.75, 3.05) is 18.8 Å². The van der Waals surface area contributed by atoms with E-state index in [1.54, 1.807) is 0 Å². The number of nitrogens with zero attached hydrogens (tertiary/aromatic N) is 3. The van der Waals surface area contributed by atoms with Crippen molar-refractivity contribution in [3.05, 3.63) is 41.7 Å². The minimum atomic E-state index is 0.745. The summed E-state index contributed by atoms with van der Waals surface area (Å²) in [4.78, 5) is 2.54. The summed E-state index contributed by atoms with van der Waals surface area (Å²) in [5.41, 5.74) is 3.02. The lowest BCUT2D eigenvalue weighted by Gasteiger charge is -2.23. The van der Waals surface area contributed by atoms with Crippen LogP contribution in [0.2, 0.25) is 0 Å². The second kappa shape index (κ2) is 7.21. The first-order valence-electron chi connectivity index (χ1n) is 8.14. The van der Waals surface area contributed by atoms with E-state index in [0.29, 0.717) is 0 Å². The summed E-state index contributed by atoms with van der Waals surface area (Å²) >= 11 is 2.08. The maximum absolute atomic E-state index is 9.54. The Kier molecular flexibility index (Phi) is 5.07. The molecule has 2 aromatic heterocycles. The fourth-order valence-electron chi connectivity index (χ4n) is 3.36. The van der Waals surface area contributed by atoms with Gasteiger partial charge in [-0.2, -0.15) is 17.0 Å². The number of nitriles is 1. The highest BCUT2D eigenvalue weighted by molar-refractivity contribution is 7.99. The van der Waals surface area contributed by atoms with Gasteiger partial charge in [-0.05, 0) is 37.3 Å². The topological polar surface area (TPSA) is 31.4 Å². The van der Waals surface area contributed by atoms with Crippen LogP contribution in [0.3, 0.4) is 0 Å². The lowest BCUT2D eigenvalue weighted by molar-refractivity contribution is 0.279. The fourth-order valence-corrected chi connectivity index (χ4v) is 4.48. The van der Waals surface area contributed by atoms with E-state index in [1.807, 2.05) is 24.4 Å². The van der Waals surface area contributed by atoms with Gasteiger partial charge in [-0.15, -0.1) is 0 Å². The van der Waals surface area contributed by atoms with Crippen LogP contribution in [0.4, 0.5) is 0 Å². The third-order valence-electron chi connectivity index (χ3n) is 4.38. The van der Waals surface area contributed by atoms with Gasteiger partial charge in [-0.3, -0.25) is 4.90 Å². The van der Waals surface area contributed by atoms with Crippen molar-refractivity contribution in [1.29, 1.82) is 5.26 Å².